The van der Waals surface area contributed by atoms with E-state index in [-0.39, 0.29) is 5.56 Å². The van der Waals surface area contributed by atoms with Gasteiger partial charge in [0.15, 0.2) is 4.77 Å². The van der Waals surface area contributed by atoms with Crippen LogP contribution < -0.4 is 10.5 Å². The minimum absolute atomic E-state index is 0.103. The van der Waals surface area contributed by atoms with Gasteiger partial charge in [0.1, 0.15) is 0 Å². The van der Waals surface area contributed by atoms with E-state index in [0.717, 1.165) is 43.2 Å². The lowest BCUT2D eigenvalue weighted by atomic mass is 10.2. The van der Waals surface area contributed by atoms with Crippen LogP contribution in [0.3, 0.4) is 0 Å². The maximum absolute atomic E-state index is 12.8. The fraction of sp³-hybridized carbons (Fsp3) is 0.222. The summed E-state index contributed by atoms with van der Waals surface area (Å²) in [6.07, 6.45) is 0. The van der Waals surface area contributed by atoms with E-state index in [1.807, 2.05) is 48.5 Å². The monoisotopic (exact) mass is 339 g/mol. The number of aromatic amines is 1. The van der Waals surface area contributed by atoms with Crippen LogP contribution in [0.25, 0.3) is 16.6 Å². The second-order valence-corrected chi connectivity index (χ2v) is 6.12. The first-order valence-corrected chi connectivity index (χ1v) is 8.32. The van der Waals surface area contributed by atoms with Gasteiger partial charge in [-0.1, -0.05) is 12.1 Å². The van der Waals surface area contributed by atoms with Crippen molar-refractivity contribution in [2.45, 2.75) is 0 Å². The first-order valence-electron chi connectivity index (χ1n) is 7.91. The van der Waals surface area contributed by atoms with Gasteiger partial charge in [-0.2, -0.15) is 0 Å². The van der Waals surface area contributed by atoms with E-state index < -0.39 is 0 Å². The molecule has 4 rings (SSSR count). The number of aromatic nitrogens is 2. The predicted molar refractivity (Wildman–Crippen MR) is 97.8 cm³/mol. The number of nitrogens with one attached hydrogen (secondary N) is 1. The van der Waals surface area contributed by atoms with Crippen LogP contribution in [-0.2, 0) is 4.74 Å². The maximum atomic E-state index is 12.8. The SMILES string of the molecule is O=c1c2ccccc2[nH]c(=S)n1-c1ccc(N2CCOCC2)cc1. The first-order chi connectivity index (χ1) is 11.7. The quantitative estimate of drug-likeness (QED) is 0.730. The van der Waals surface area contributed by atoms with Gasteiger partial charge in [0.05, 0.1) is 29.8 Å². The molecular weight excluding hydrogens is 322 g/mol. The van der Waals surface area contributed by atoms with Crippen molar-refractivity contribution < 1.29 is 4.74 Å². The van der Waals surface area contributed by atoms with Crippen molar-refractivity contribution in [1.82, 2.24) is 9.55 Å². The summed E-state index contributed by atoms with van der Waals surface area (Å²) in [4.78, 5) is 18.2. The highest BCUT2D eigenvalue weighted by Gasteiger charge is 2.12. The highest BCUT2D eigenvalue weighted by atomic mass is 32.1. The highest BCUT2D eigenvalue weighted by molar-refractivity contribution is 7.71. The van der Waals surface area contributed by atoms with Gasteiger partial charge in [-0.15, -0.1) is 0 Å². The molecule has 0 radical (unpaired) electrons. The number of hydrogen-bond donors (Lipinski definition) is 1. The van der Waals surface area contributed by atoms with Crippen LogP contribution in [0.15, 0.2) is 53.3 Å². The van der Waals surface area contributed by atoms with E-state index in [1.54, 1.807) is 4.57 Å². The minimum atomic E-state index is -0.103. The molecule has 0 spiro atoms. The Morgan fingerprint density at radius 3 is 2.38 bits per heavy atom. The first kappa shape index (κ1) is 15.1. The number of para-hydroxylation sites is 1. The molecule has 1 aliphatic rings. The molecule has 0 saturated carbocycles. The molecular formula is C18H17N3O2S. The average Bonchev–Trinajstić information content (AvgIpc) is 2.63. The molecule has 2 aromatic carbocycles. The van der Waals surface area contributed by atoms with E-state index in [2.05, 4.69) is 9.88 Å². The van der Waals surface area contributed by atoms with Crippen molar-refractivity contribution >= 4 is 28.8 Å². The summed E-state index contributed by atoms with van der Waals surface area (Å²) >= 11 is 5.39. The van der Waals surface area contributed by atoms with Gasteiger partial charge in [0.2, 0.25) is 0 Å². The fourth-order valence-corrected chi connectivity index (χ4v) is 3.33. The van der Waals surface area contributed by atoms with Gasteiger partial charge < -0.3 is 14.6 Å². The Hall–Kier alpha value is -2.44. The second kappa shape index (κ2) is 6.22. The van der Waals surface area contributed by atoms with E-state index in [0.29, 0.717) is 10.2 Å². The van der Waals surface area contributed by atoms with Crippen molar-refractivity contribution in [2.24, 2.45) is 0 Å². The van der Waals surface area contributed by atoms with Crippen molar-refractivity contribution in [2.75, 3.05) is 31.2 Å². The predicted octanol–water partition coefficient (Wildman–Crippen LogP) is 2.88. The number of fused-ring (bicyclic) bond motifs is 1. The molecule has 1 fully saturated rings. The summed E-state index contributed by atoms with van der Waals surface area (Å²) in [5.41, 5.74) is 2.55. The van der Waals surface area contributed by atoms with Gasteiger partial charge in [0, 0.05) is 18.8 Å². The number of morpholine rings is 1. The largest absolute Gasteiger partial charge is 0.378 e. The molecule has 2 heterocycles. The Bertz CT molecular complexity index is 986. The summed E-state index contributed by atoms with van der Waals surface area (Å²) in [7, 11) is 0. The van der Waals surface area contributed by atoms with E-state index in [9.17, 15) is 4.79 Å². The number of rotatable bonds is 2. The molecule has 0 atom stereocenters. The standard InChI is InChI=1S/C18H17N3O2S/c22-17-15-3-1-2-4-16(15)19-18(24)21(17)14-7-5-13(6-8-14)20-9-11-23-12-10-20/h1-8H,9-12H2,(H,19,24). The van der Waals surface area contributed by atoms with E-state index in [4.69, 9.17) is 17.0 Å². The summed E-state index contributed by atoms with van der Waals surface area (Å²) in [6, 6.07) is 15.3. The molecule has 0 amide bonds. The van der Waals surface area contributed by atoms with Crippen LogP contribution >= 0.6 is 12.2 Å². The lowest BCUT2D eigenvalue weighted by Gasteiger charge is -2.28. The van der Waals surface area contributed by atoms with Crippen molar-refractivity contribution in [3.8, 4) is 5.69 Å². The van der Waals surface area contributed by atoms with Crippen molar-refractivity contribution in [1.29, 1.82) is 0 Å². The van der Waals surface area contributed by atoms with E-state index in [1.165, 1.54) is 0 Å². The Morgan fingerprint density at radius 1 is 0.958 bits per heavy atom. The molecule has 0 bridgehead atoms. The van der Waals surface area contributed by atoms with E-state index >= 15 is 0 Å². The average molecular weight is 339 g/mol. The third-order valence-electron chi connectivity index (χ3n) is 4.29. The zero-order valence-electron chi connectivity index (χ0n) is 13.1. The van der Waals surface area contributed by atoms with Gasteiger partial charge in [0.25, 0.3) is 5.56 Å². The molecule has 0 unspecified atom stereocenters. The molecule has 122 valence electrons. The Balaban J connectivity index is 1.77. The van der Waals surface area contributed by atoms with Gasteiger partial charge in [-0.3, -0.25) is 9.36 Å². The number of hydrogen-bond acceptors (Lipinski definition) is 4. The number of nitrogens with zero attached hydrogens (tertiary/aromatic N) is 2. The molecule has 0 aliphatic carbocycles. The number of H-pyrrole nitrogens is 1. The van der Waals surface area contributed by atoms with Crippen molar-refractivity contribution in [3.63, 3.8) is 0 Å². The Kier molecular flexibility index (Phi) is 3.92. The summed E-state index contributed by atoms with van der Waals surface area (Å²) in [5.74, 6) is 0. The lowest BCUT2D eigenvalue weighted by Crippen LogP contribution is -2.36. The van der Waals surface area contributed by atoms with Crippen LogP contribution in [0.5, 0.6) is 0 Å². The summed E-state index contributed by atoms with van der Waals surface area (Å²) in [6.45, 7) is 3.26. The summed E-state index contributed by atoms with van der Waals surface area (Å²) < 4.78 is 7.32. The lowest BCUT2D eigenvalue weighted by molar-refractivity contribution is 0.122. The normalized spacial score (nSPS) is 14.9. The maximum Gasteiger partial charge on any atom is 0.266 e. The third-order valence-corrected chi connectivity index (χ3v) is 4.57. The topological polar surface area (TPSA) is 50.3 Å². The summed E-state index contributed by atoms with van der Waals surface area (Å²) in [5, 5.41) is 0.628. The zero-order chi connectivity index (χ0) is 16.5. The molecule has 24 heavy (non-hydrogen) atoms. The Labute approximate surface area is 144 Å². The highest BCUT2D eigenvalue weighted by Crippen LogP contribution is 2.18. The van der Waals surface area contributed by atoms with Crippen LogP contribution in [0.2, 0.25) is 0 Å². The number of ether oxygens (including phenoxy) is 1. The molecule has 1 aromatic heterocycles. The molecule has 1 saturated heterocycles. The van der Waals surface area contributed by atoms with Gasteiger partial charge >= 0.3 is 0 Å². The second-order valence-electron chi connectivity index (χ2n) is 5.73. The molecule has 5 nitrogen and oxygen atoms in total. The third kappa shape index (κ3) is 2.64. The number of benzene rings is 2. The van der Waals surface area contributed by atoms with Gasteiger partial charge in [-0.05, 0) is 48.6 Å². The van der Waals surface area contributed by atoms with Gasteiger partial charge in [-0.25, -0.2) is 0 Å². The van der Waals surface area contributed by atoms with Crippen LogP contribution in [0.4, 0.5) is 5.69 Å². The smallest absolute Gasteiger partial charge is 0.266 e. The zero-order valence-corrected chi connectivity index (χ0v) is 13.9. The Morgan fingerprint density at radius 2 is 1.62 bits per heavy atom. The molecule has 6 heteroatoms. The van der Waals surface area contributed by atoms with Crippen molar-refractivity contribution in [3.05, 3.63) is 63.7 Å². The number of anilines is 1. The fourth-order valence-electron chi connectivity index (χ4n) is 3.03. The minimum Gasteiger partial charge on any atom is -0.378 e. The molecule has 1 N–H and O–H groups in total. The molecule has 1 aliphatic heterocycles. The molecule has 3 aromatic rings. The van der Waals surface area contributed by atoms with Crippen LogP contribution in [-0.4, -0.2) is 35.9 Å². The van der Waals surface area contributed by atoms with Crippen LogP contribution in [0, 0.1) is 4.77 Å². The van der Waals surface area contributed by atoms with Crippen LogP contribution in [0.1, 0.15) is 0 Å².